The van der Waals surface area contributed by atoms with Crippen LogP contribution in [0.3, 0.4) is 0 Å². The molecule has 0 fully saturated rings. The average molecular weight is 617 g/mol. The van der Waals surface area contributed by atoms with Crippen LogP contribution >= 0.6 is 21.6 Å². The molecule has 0 aliphatic rings. The molecule has 0 bridgehead atoms. The van der Waals surface area contributed by atoms with E-state index in [0.29, 0.717) is 35.6 Å². The number of anilines is 2. The third-order valence-corrected chi connectivity index (χ3v) is 9.52. The standard InChI is InChI=1S/C34H28N6O2S2/c35-25-11-5-21(6-12-25)33(41)39-19-23-9-15-29(31-27(23)3-1-17-37-31)43-44-30-16-10-24(28-4-2-18-38-32(28)30)20-40-34(42)22-7-13-26(36)14-8-22/h1-18H,19-20,35-36H2,(H,39,41)(H,40,42). The normalized spacial score (nSPS) is 11.0. The van der Waals surface area contributed by atoms with Crippen LogP contribution in [0.4, 0.5) is 11.4 Å². The van der Waals surface area contributed by atoms with Crippen molar-refractivity contribution in [2.45, 2.75) is 22.9 Å². The average Bonchev–Trinajstić information content (AvgIpc) is 3.06. The largest absolute Gasteiger partial charge is 0.399 e. The van der Waals surface area contributed by atoms with Gasteiger partial charge in [-0.1, -0.05) is 45.9 Å². The van der Waals surface area contributed by atoms with E-state index in [1.54, 1.807) is 82.5 Å². The first-order valence-electron chi connectivity index (χ1n) is 13.8. The van der Waals surface area contributed by atoms with Gasteiger partial charge in [-0.25, -0.2) is 0 Å². The van der Waals surface area contributed by atoms with E-state index >= 15 is 0 Å². The fourth-order valence-electron chi connectivity index (χ4n) is 4.77. The molecule has 2 heterocycles. The number of nitrogen functional groups attached to an aromatic ring is 2. The summed E-state index contributed by atoms with van der Waals surface area (Å²) in [4.78, 5) is 36.7. The predicted octanol–water partition coefficient (Wildman–Crippen LogP) is 6.61. The number of carbonyl (C=O) groups excluding carboxylic acids is 2. The maximum atomic E-state index is 12.7. The summed E-state index contributed by atoms with van der Waals surface area (Å²) in [5.74, 6) is -0.327. The van der Waals surface area contributed by atoms with Crippen LogP contribution in [0.15, 0.2) is 119 Å². The lowest BCUT2D eigenvalue weighted by molar-refractivity contribution is 0.0943. The van der Waals surface area contributed by atoms with Gasteiger partial charge >= 0.3 is 0 Å². The Morgan fingerprint density at radius 1 is 0.568 bits per heavy atom. The van der Waals surface area contributed by atoms with Gasteiger partial charge in [0.25, 0.3) is 11.8 Å². The fraction of sp³-hybridized carbons (Fsp3) is 0.0588. The molecule has 0 unspecified atom stereocenters. The van der Waals surface area contributed by atoms with Gasteiger partial charge in [0.15, 0.2) is 0 Å². The first-order chi connectivity index (χ1) is 21.5. The van der Waals surface area contributed by atoms with Gasteiger partial charge in [-0.2, -0.15) is 0 Å². The van der Waals surface area contributed by atoms with Gasteiger partial charge in [-0.05, 0) is 83.9 Å². The van der Waals surface area contributed by atoms with Crippen molar-refractivity contribution in [2.24, 2.45) is 0 Å². The van der Waals surface area contributed by atoms with Crippen molar-refractivity contribution in [1.82, 2.24) is 20.6 Å². The molecule has 0 saturated carbocycles. The molecule has 8 nitrogen and oxygen atoms in total. The van der Waals surface area contributed by atoms with Crippen LogP contribution in [-0.4, -0.2) is 21.8 Å². The van der Waals surface area contributed by atoms with Crippen molar-refractivity contribution in [3.8, 4) is 0 Å². The number of aromatic nitrogens is 2. The number of pyridine rings is 2. The molecule has 6 N–H and O–H groups in total. The molecule has 0 aliphatic heterocycles. The third-order valence-electron chi connectivity index (χ3n) is 7.09. The van der Waals surface area contributed by atoms with Crippen LogP contribution in [0.25, 0.3) is 21.8 Å². The van der Waals surface area contributed by atoms with Crippen molar-refractivity contribution in [1.29, 1.82) is 0 Å². The molecular weight excluding hydrogens is 589 g/mol. The Kier molecular flexibility index (Phi) is 8.62. The minimum Gasteiger partial charge on any atom is -0.399 e. The maximum absolute atomic E-state index is 12.7. The first-order valence-corrected chi connectivity index (χ1v) is 16.0. The van der Waals surface area contributed by atoms with E-state index in [-0.39, 0.29) is 11.8 Å². The van der Waals surface area contributed by atoms with Crippen molar-refractivity contribution in [3.63, 3.8) is 0 Å². The predicted molar refractivity (Wildman–Crippen MR) is 179 cm³/mol. The Balaban J connectivity index is 1.17. The van der Waals surface area contributed by atoms with Gasteiger partial charge in [-0.3, -0.25) is 19.6 Å². The van der Waals surface area contributed by atoms with E-state index in [2.05, 4.69) is 20.6 Å². The lowest BCUT2D eigenvalue weighted by Gasteiger charge is -2.13. The quantitative estimate of drug-likeness (QED) is 0.105. The fourth-order valence-corrected chi connectivity index (χ4v) is 7.02. The van der Waals surface area contributed by atoms with E-state index in [1.807, 2.05) is 48.5 Å². The molecule has 0 saturated heterocycles. The van der Waals surface area contributed by atoms with E-state index in [0.717, 1.165) is 42.7 Å². The second kappa shape index (κ2) is 13.1. The smallest absolute Gasteiger partial charge is 0.251 e. The third kappa shape index (κ3) is 6.46. The zero-order chi connectivity index (χ0) is 30.5. The minimum atomic E-state index is -0.163. The maximum Gasteiger partial charge on any atom is 0.251 e. The van der Waals surface area contributed by atoms with Crippen LogP contribution < -0.4 is 22.1 Å². The van der Waals surface area contributed by atoms with E-state index < -0.39 is 0 Å². The highest BCUT2D eigenvalue weighted by molar-refractivity contribution is 8.76. The van der Waals surface area contributed by atoms with Gasteiger partial charge in [0.1, 0.15) is 0 Å². The molecule has 6 rings (SSSR count). The monoisotopic (exact) mass is 616 g/mol. The number of carbonyl (C=O) groups is 2. The molecule has 0 aliphatic carbocycles. The molecule has 218 valence electrons. The highest BCUT2D eigenvalue weighted by Gasteiger charge is 2.14. The number of benzene rings is 4. The molecule has 0 radical (unpaired) electrons. The van der Waals surface area contributed by atoms with Crippen LogP contribution in [0.5, 0.6) is 0 Å². The number of nitrogens with zero attached hydrogens (tertiary/aromatic N) is 2. The lowest BCUT2D eigenvalue weighted by atomic mass is 10.1. The number of nitrogens with two attached hydrogens (primary N) is 2. The Hall–Kier alpha value is -5.06. The number of fused-ring (bicyclic) bond motifs is 2. The van der Waals surface area contributed by atoms with Crippen LogP contribution in [0, 0.1) is 0 Å². The SMILES string of the molecule is Nc1ccc(C(=O)NCc2ccc(SSc3ccc(CNC(=O)c4ccc(N)cc4)c4cccnc34)c3ncccc23)cc1. The lowest BCUT2D eigenvalue weighted by Crippen LogP contribution is -2.22. The Bertz CT molecular complexity index is 1840. The topological polar surface area (TPSA) is 136 Å². The van der Waals surface area contributed by atoms with E-state index in [9.17, 15) is 9.59 Å². The summed E-state index contributed by atoms with van der Waals surface area (Å²) in [5.41, 5.74) is 17.5. The molecule has 4 aromatic carbocycles. The number of hydrogen-bond acceptors (Lipinski definition) is 8. The molecule has 10 heteroatoms. The van der Waals surface area contributed by atoms with Crippen molar-refractivity contribution in [2.75, 3.05) is 11.5 Å². The van der Waals surface area contributed by atoms with Crippen LogP contribution in [-0.2, 0) is 13.1 Å². The van der Waals surface area contributed by atoms with Crippen LogP contribution in [0.2, 0.25) is 0 Å². The van der Waals surface area contributed by atoms with Crippen molar-refractivity contribution >= 4 is 66.6 Å². The molecule has 0 atom stereocenters. The zero-order valence-electron chi connectivity index (χ0n) is 23.5. The Morgan fingerprint density at radius 2 is 0.977 bits per heavy atom. The van der Waals surface area contributed by atoms with Gasteiger partial charge < -0.3 is 22.1 Å². The first kappa shape index (κ1) is 29.0. The second-order valence-electron chi connectivity index (χ2n) is 10.0. The molecule has 0 spiro atoms. The molecule has 2 aromatic heterocycles. The summed E-state index contributed by atoms with van der Waals surface area (Å²) in [6.07, 6.45) is 3.55. The minimum absolute atomic E-state index is 0.163. The summed E-state index contributed by atoms with van der Waals surface area (Å²) in [7, 11) is 3.21. The van der Waals surface area contributed by atoms with Gasteiger partial charge in [0.2, 0.25) is 0 Å². The number of nitrogens with one attached hydrogen (secondary N) is 2. The number of rotatable bonds is 9. The van der Waals surface area contributed by atoms with Crippen molar-refractivity contribution in [3.05, 3.63) is 132 Å². The Labute approximate surface area is 262 Å². The van der Waals surface area contributed by atoms with Crippen molar-refractivity contribution < 1.29 is 9.59 Å². The Morgan fingerprint density at radius 3 is 1.39 bits per heavy atom. The van der Waals surface area contributed by atoms with Gasteiger partial charge in [0, 0.05) is 68.5 Å². The van der Waals surface area contributed by atoms with Gasteiger partial charge in [0.05, 0.1) is 11.0 Å². The molecular formula is C34H28N6O2S2. The molecule has 6 aromatic rings. The van der Waals surface area contributed by atoms with Crippen LogP contribution in [0.1, 0.15) is 31.8 Å². The zero-order valence-corrected chi connectivity index (χ0v) is 25.1. The summed E-state index contributed by atoms with van der Waals surface area (Å²) in [5, 5.41) is 7.95. The number of hydrogen-bond donors (Lipinski definition) is 4. The highest BCUT2D eigenvalue weighted by atomic mass is 33.1. The molecule has 44 heavy (non-hydrogen) atoms. The summed E-state index contributed by atoms with van der Waals surface area (Å²) >= 11 is 0. The molecule has 2 amide bonds. The number of amides is 2. The second-order valence-corrected chi connectivity index (χ2v) is 12.2. The summed E-state index contributed by atoms with van der Waals surface area (Å²) in [6.45, 7) is 0.739. The van der Waals surface area contributed by atoms with Gasteiger partial charge in [-0.15, -0.1) is 0 Å². The highest BCUT2D eigenvalue weighted by Crippen LogP contribution is 2.43. The summed E-state index contributed by atoms with van der Waals surface area (Å²) < 4.78 is 0. The van der Waals surface area contributed by atoms with E-state index in [1.165, 1.54) is 0 Å². The van der Waals surface area contributed by atoms with E-state index in [4.69, 9.17) is 11.5 Å². The summed E-state index contributed by atoms with van der Waals surface area (Å²) in [6, 6.07) is 29.7.